The number of morpholine rings is 1. The molecular weight excluding hydrogens is 232 g/mol. The molecule has 0 aromatic heterocycles. The van der Waals surface area contributed by atoms with E-state index in [1.165, 1.54) is 12.2 Å². The lowest BCUT2D eigenvalue weighted by Crippen LogP contribution is -2.60. The number of nitrogens with two attached hydrogens (primary N) is 1. The molecule has 4 heteroatoms. The lowest BCUT2D eigenvalue weighted by Gasteiger charge is -2.49. The van der Waals surface area contributed by atoms with E-state index < -0.39 is 0 Å². The van der Waals surface area contributed by atoms with Gasteiger partial charge < -0.3 is 10.5 Å². The first-order chi connectivity index (χ1) is 7.79. The maximum absolute atomic E-state index is 6.10. The molecule has 1 rings (SSSR count). The number of nitrogens with zero attached hydrogens (tertiary/aromatic N) is 1. The number of thioether (sulfide) groups is 1. The van der Waals surface area contributed by atoms with Crippen molar-refractivity contribution in [3.63, 3.8) is 0 Å². The topological polar surface area (TPSA) is 38.5 Å². The second kappa shape index (κ2) is 5.91. The molecule has 102 valence electrons. The first-order valence-electron chi connectivity index (χ1n) is 6.43. The molecular formula is C13H28N2OS. The summed E-state index contributed by atoms with van der Waals surface area (Å²) in [4.78, 5) is 2.51. The Kier molecular flexibility index (Phi) is 5.32. The van der Waals surface area contributed by atoms with Gasteiger partial charge in [-0.3, -0.25) is 4.90 Å². The summed E-state index contributed by atoms with van der Waals surface area (Å²) in [5, 5.41) is 0. The van der Waals surface area contributed by atoms with Gasteiger partial charge in [0.2, 0.25) is 0 Å². The highest BCUT2D eigenvalue weighted by molar-refractivity contribution is 7.98. The Morgan fingerprint density at radius 3 is 2.18 bits per heavy atom. The van der Waals surface area contributed by atoms with Crippen LogP contribution in [-0.4, -0.2) is 53.8 Å². The maximum Gasteiger partial charge on any atom is 0.0760 e. The zero-order valence-electron chi connectivity index (χ0n) is 12.0. The van der Waals surface area contributed by atoms with Gasteiger partial charge in [-0.15, -0.1) is 0 Å². The second-order valence-corrected chi connectivity index (χ2v) is 7.18. The Labute approximate surface area is 110 Å². The van der Waals surface area contributed by atoms with Crippen molar-refractivity contribution < 1.29 is 4.74 Å². The summed E-state index contributed by atoms with van der Waals surface area (Å²) in [5.41, 5.74) is 5.78. The normalized spacial score (nSPS) is 25.8. The van der Waals surface area contributed by atoms with Crippen LogP contribution >= 0.6 is 11.8 Å². The average molecular weight is 260 g/mol. The van der Waals surface area contributed by atoms with Crippen LogP contribution in [0.1, 0.15) is 34.1 Å². The van der Waals surface area contributed by atoms with Gasteiger partial charge in [0.05, 0.1) is 11.2 Å². The zero-order chi connectivity index (χ0) is 13.1. The Balaban J connectivity index is 2.67. The lowest BCUT2D eigenvalue weighted by molar-refractivity contribution is -0.187. The Bertz CT molecular complexity index is 228. The van der Waals surface area contributed by atoms with E-state index in [0.717, 1.165) is 19.6 Å². The van der Waals surface area contributed by atoms with Crippen molar-refractivity contribution in [1.29, 1.82) is 0 Å². The monoisotopic (exact) mass is 260 g/mol. The molecule has 1 unspecified atom stereocenters. The second-order valence-electron chi connectivity index (χ2n) is 6.20. The van der Waals surface area contributed by atoms with Crippen LogP contribution in [-0.2, 0) is 4.74 Å². The Morgan fingerprint density at radius 2 is 1.76 bits per heavy atom. The highest BCUT2D eigenvalue weighted by atomic mass is 32.2. The van der Waals surface area contributed by atoms with Crippen molar-refractivity contribution in [2.24, 2.45) is 5.73 Å². The van der Waals surface area contributed by atoms with Crippen LogP contribution < -0.4 is 5.73 Å². The van der Waals surface area contributed by atoms with Gasteiger partial charge in [-0.25, -0.2) is 0 Å². The van der Waals surface area contributed by atoms with Gasteiger partial charge in [-0.2, -0.15) is 11.8 Å². The van der Waals surface area contributed by atoms with Gasteiger partial charge in [0.15, 0.2) is 0 Å². The fourth-order valence-electron chi connectivity index (χ4n) is 2.81. The molecule has 1 aliphatic rings. The van der Waals surface area contributed by atoms with Crippen molar-refractivity contribution >= 4 is 11.8 Å². The van der Waals surface area contributed by atoms with Gasteiger partial charge in [-0.1, -0.05) is 0 Å². The minimum Gasteiger partial charge on any atom is -0.367 e. The van der Waals surface area contributed by atoms with E-state index in [-0.39, 0.29) is 11.2 Å². The summed E-state index contributed by atoms with van der Waals surface area (Å²) in [7, 11) is 0. The minimum atomic E-state index is -0.0749. The number of hydrogen-bond donors (Lipinski definition) is 1. The standard InChI is InChI=1S/C13H28N2OS/c1-12(2)9-15(10-13(3,4)16-12)11(8-14)6-7-17-5/h11H,6-10,14H2,1-5H3. The third-order valence-electron chi connectivity index (χ3n) is 3.16. The maximum atomic E-state index is 6.10. The summed E-state index contributed by atoms with van der Waals surface area (Å²) in [6, 6.07) is 0.491. The number of hydrogen-bond acceptors (Lipinski definition) is 4. The predicted molar refractivity (Wildman–Crippen MR) is 76.7 cm³/mol. The van der Waals surface area contributed by atoms with Crippen LogP contribution in [0.2, 0.25) is 0 Å². The van der Waals surface area contributed by atoms with Gasteiger partial charge in [0, 0.05) is 25.7 Å². The van der Waals surface area contributed by atoms with Gasteiger partial charge in [0.25, 0.3) is 0 Å². The first kappa shape index (κ1) is 15.3. The lowest BCUT2D eigenvalue weighted by atomic mass is 9.96. The van der Waals surface area contributed by atoms with Crippen LogP contribution in [0.3, 0.4) is 0 Å². The van der Waals surface area contributed by atoms with E-state index in [0.29, 0.717) is 6.04 Å². The molecule has 0 aromatic rings. The van der Waals surface area contributed by atoms with Crippen LogP contribution in [0.5, 0.6) is 0 Å². The molecule has 1 aliphatic heterocycles. The van der Waals surface area contributed by atoms with E-state index in [1.807, 2.05) is 11.8 Å². The van der Waals surface area contributed by atoms with Crippen molar-refractivity contribution in [3.05, 3.63) is 0 Å². The summed E-state index contributed by atoms with van der Waals surface area (Å²) in [5.74, 6) is 1.18. The van der Waals surface area contributed by atoms with E-state index in [1.54, 1.807) is 0 Å². The molecule has 0 amide bonds. The van der Waals surface area contributed by atoms with Crippen LogP contribution in [0.25, 0.3) is 0 Å². The van der Waals surface area contributed by atoms with E-state index >= 15 is 0 Å². The molecule has 0 bridgehead atoms. The SMILES string of the molecule is CSCCC(CN)N1CC(C)(C)OC(C)(C)C1. The van der Waals surface area contributed by atoms with E-state index in [2.05, 4.69) is 38.9 Å². The molecule has 17 heavy (non-hydrogen) atoms. The molecule has 0 saturated carbocycles. The molecule has 0 radical (unpaired) electrons. The van der Waals surface area contributed by atoms with Crippen molar-refractivity contribution in [1.82, 2.24) is 4.90 Å². The van der Waals surface area contributed by atoms with Crippen molar-refractivity contribution in [3.8, 4) is 0 Å². The largest absolute Gasteiger partial charge is 0.367 e. The van der Waals surface area contributed by atoms with Gasteiger partial charge in [-0.05, 0) is 46.1 Å². The highest BCUT2D eigenvalue weighted by Crippen LogP contribution is 2.29. The summed E-state index contributed by atoms with van der Waals surface area (Å²) in [6.07, 6.45) is 3.32. The molecule has 1 heterocycles. The van der Waals surface area contributed by atoms with E-state index in [9.17, 15) is 0 Å². The molecule has 2 N–H and O–H groups in total. The molecule has 0 spiro atoms. The quantitative estimate of drug-likeness (QED) is 0.820. The van der Waals surface area contributed by atoms with Crippen molar-refractivity contribution in [2.45, 2.75) is 51.4 Å². The summed E-state index contributed by atoms with van der Waals surface area (Å²) >= 11 is 1.90. The first-order valence-corrected chi connectivity index (χ1v) is 7.82. The zero-order valence-corrected chi connectivity index (χ0v) is 12.8. The molecule has 1 fully saturated rings. The number of rotatable bonds is 5. The third-order valence-corrected chi connectivity index (χ3v) is 3.81. The van der Waals surface area contributed by atoms with Crippen molar-refractivity contribution in [2.75, 3.05) is 31.6 Å². The summed E-state index contributed by atoms with van der Waals surface area (Å²) < 4.78 is 6.10. The van der Waals surface area contributed by atoms with Gasteiger partial charge >= 0.3 is 0 Å². The molecule has 1 saturated heterocycles. The smallest absolute Gasteiger partial charge is 0.0760 e. The van der Waals surface area contributed by atoms with Crippen LogP contribution in [0, 0.1) is 0 Å². The molecule has 3 nitrogen and oxygen atoms in total. The molecule has 1 atom stereocenters. The summed E-state index contributed by atoms with van der Waals surface area (Å²) in [6.45, 7) is 11.4. The number of ether oxygens (including phenoxy) is 1. The third kappa shape index (κ3) is 4.78. The Hall–Kier alpha value is 0.230. The minimum absolute atomic E-state index is 0.0749. The fraction of sp³-hybridized carbons (Fsp3) is 1.00. The highest BCUT2D eigenvalue weighted by Gasteiger charge is 2.39. The fourth-order valence-corrected chi connectivity index (χ4v) is 3.32. The van der Waals surface area contributed by atoms with Crippen LogP contribution in [0.4, 0.5) is 0 Å². The van der Waals surface area contributed by atoms with Gasteiger partial charge in [0.1, 0.15) is 0 Å². The molecule has 0 aliphatic carbocycles. The van der Waals surface area contributed by atoms with E-state index in [4.69, 9.17) is 10.5 Å². The predicted octanol–water partition coefficient (Wildman–Crippen LogP) is 1.96. The Morgan fingerprint density at radius 1 is 1.24 bits per heavy atom. The molecule has 0 aromatic carbocycles. The average Bonchev–Trinajstić information content (AvgIpc) is 2.14. The van der Waals surface area contributed by atoms with Crippen LogP contribution in [0.15, 0.2) is 0 Å².